The number of methoxy groups -OCH3 is 2. The van der Waals surface area contributed by atoms with Crippen LogP contribution in [0.25, 0.3) is 0 Å². The Morgan fingerprint density at radius 1 is 1.11 bits per heavy atom. The fourth-order valence-electron chi connectivity index (χ4n) is 3.17. The van der Waals surface area contributed by atoms with E-state index >= 15 is 0 Å². The van der Waals surface area contributed by atoms with Crippen LogP contribution in [0.2, 0.25) is 0 Å². The molecule has 0 unspecified atom stereocenters. The summed E-state index contributed by atoms with van der Waals surface area (Å²) in [6.45, 7) is 4.51. The van der Waals surface area contributed by atoms with Crippen molar-refractivity contribution in [2.75, 3.05) is 58.9 Å². The summed E-state index contributed by atoms with van der Waals surface area (Å²) < 4.78 is 15.8. The van der Waals surface area contributed by atoms with Crippen LogP contribution < -0.4 is 20.1 Å². The maximum Gasteiger partial charge on any atom is 0.240 e. The Bertz CT molecular complexity index is 684. The van der Waals surface area contributed by atoms with Crippen LogP contribution >= 0.6 is 0 Å². The molecule has 0 atom stereocenters. The van der Waals surface area contributed by atoms with E-state index in [1.807, 2.05) is 0 Å². The van der Waals surface area contributed by atoms with Crippen molar-refractivity contribution in [1.82, 2.24) is 10.2 Å². The van der Waals surface area contributed by atoms with Crippen LogP contribution in [0.15, 0.2) is 18.2 Å². The highest BCUT2D eigenvalue weighted by Crippen LogP contribution is 2.47. The molecule has 0 bridgehead atoms. The van der Waals surface area contributed by atoms with Crippen LogP contribution in [0.1, 0.15) is 12.8 Å². The van der Waals surface area contributed by atoms with Crippen molar-refractivity contribution in [3.05, 3.63) is 18.2 Å². The normalized spacial score (nSPS) is 18.4. The molecule has 0 spiro atoms. The van der Waals surface area contributed by atoms with Crippen molar-refractivity contribution < 1.29 is 23.8 Å². The van der Waals surface area contributed by atoms with E-state index in [-0.39, 0.29) is 11.8 Å². The lowest BCUT2D eigenvalue weighted by Crippen LogP contribution is -2.45. The molecule has 1 aromatic carbocycles. The number of rotatable bonds is 8. The predicted molar refractivity (Wildman–Crippen MR) is 100 cm³/mol. The highest BCUT2D eigenvalue weighted by Gasteiger charge is 2.56. The summed E-state index contributed by atoms with van der Waals surface area (Å²) in [5.74, 6) is 0.625. The third-order valence-corrected chi connectivity index (χ3v) is 5.08. The number of nitrogens with zero attached hydrogens (tertiary/aromatic N) is 1. The standard InChI is InChI=1S/C19H27N3O5/c1-25-15-4-3-14(13-16(15)26-2)21-18(24)19(5-6-19)17(23)20-7-8-22-9-11-27-12-10-22/h3-4,13H,5-12H2,1-2H3,(H,20,23)(H,21,24). The topological polar surface area (TPSA) is 89.1 Å². The molecular formula is C19H27N3O5. The molecule has 1 saturated heterocycles. The molecule has 8 heteroatoms. The number of hydrogen-bond donors (Lipinski definition) is 2. The fraction of sp³-hybridized carbons (Fsp3) is 0.579. The Kier molecular flexibility index (Phi) is 6.18. The van der Waals surface area contributed by atoms with Gasteiger partial charge in [0.05, 0.1) is 27.4 Å². The molecule has 148 valence electrons. The van der Waals surface area contributed by atoms with Gasteiger partial charge in [0.1, 0.15) is 5.41 Å². The Morgan fingerprint density at radius 3 is 2.44 bits per heavy atom. The lowest BCUT2D eigenvalue weighted by atomic mass is 10.0. The van der Waals surface area contributed by atoms with E-state index < -0.39 is 5.41 Å². The number of ether oxygens (including phenoxy) is 3. The first kappa shape index (κ1) is 19.4. The van der Waals surface area contributed by atoms with Crippen molar-refractivity contribution >= 4 is 17.5 Å². The number of carbonyl (C=O) groups is 2. The number of hydrogen-bond acceptors (Lipinski definition) is 6. The highest BCUT2D eigenvalue weighted by molar-refractivity contribution is 6.13. The van der Waals surface area contributed by atoms with E-state index in [0.29, 0.717) is 36.6 Å². The van der Waals surface area contributed by atoms with E-state index in [4.69, 9.17) is 14.2 Å². The molecule has 3 rings (SSSR count). The summed E-state index contributed by atoms with van der Waals surface area (Å²) in [5, 5.41) is 5.74. The molecule has 1 aliphatic heterocycles. The van der Waals surface area contributed by atoms with Gasteiger partial charge in [0.2, 0.25) is 11.8 Å². The molecule has 0 radical (unpaired) electrons. The molecule has 2 aliphatic rings. The summed E-state index contributed by atoms with van der Waals surface area (Å²) in [6, 6.07) is 5.13. The Labute approximate surface area is 159 Å². The second-order valence-electron chi connectivity index (χ2n) is 6.82. The molecule has 2 fully saturated rings. The van der Waals surface area contributed by atoms with Crippen LogP contribution in [-0.4, -0.2) is 70.3 Å². The minimum atomic E-state index is -0.960. The van der Waals surface area contributed by atoms with Gasteiger partial charge in [-0.15, -0.1) is 0 Å². The molecule has 27 heavy (non-hydrogen) atoms. The zero-order valence-electron chi connectivity index (χ0n) is 15.9. The maximum absolute atomic E-state index is 12.7. The van der Waals surface area contributed by atoms with Gasteiger partial charge < -0.3 is 24.8 Å². The first-order chi connectivity index (χ1) is 13.1. The van der Waals surface area contributed by atoms with Crippen LogP contribution in [0.4, 0.5) is 5.69 Å². The van der Waals surface area contributed by atoms with Crippen LogP contribution in [0, 0.1) is 5.41 Å². The Hall–Kier alpha value is -2.32. The number of benzene rings is 1. The number of morpholine rings is 1. The monoisotopic (exact) mass is 377 g/mol. The third kappa shape index (κ3) is 4.51. The first-order valence-electron chi connectivity index (χ1n) is 9.21. The van der Waals surface area contributed by atoms with Crippen molar-refractivity contribution in [1.29, 1.82) is 0 Å². The van der Waals surface area contributed by atoms with Crippen molar-refractivity contribution in [3.8, 4) is 11.5 Å². The van der Waals surface area contributed by atoms with Gasteiger partial charge in [0, 0.05) is 37.9 Å². The molecule has 2 N–H and O–H groups in total. The van der Waals surface area contributed by atoms with Gasteiger partial charge in [-0.1, -0.05) is 0 Å². The van der Waals surface area contributed by atoms with Crippen LogP contribution in [0.3, 0.4) is 0 Å². The Balaban J connectivity index is 1.53. The smallest absolute Gasteiger partial charge is 0.240 e. The molecule has 1 aromatic rings. The van der Waals surface area contributed by atoms with E-state index in [2.05, 4.69) is 15.5 Å². The summed E-state index contributed by atoms with van der Waals surface area (Å²) >= 11 is 0. The van der Waals surface area contributed by atoms with Gasteiger partial charge in [-0.05, 0) is 25.0 Å². The molecule has 1 saturated carbocycles. The van der Waals surface area contributed by atoms with Gasteiger partial charge in [0.25, 0.3) is 0 Å². The SMILES string of the molecule is COc1ccc(NC(=O)C2(C(=O)NCCN3CCOCC3)CC2)cc1OC. The zero-order chi connectivity index (χ0) is 19.3. The number of carbonyl (C=O) groups excluding carboxylic acids is 2. The largest absolute Gasteiger partial charge is 0.493 e. The highest BCUT2D eigenvalue weighted by atomic mass is 16.5. The van der Waals surface area contributed by atoms with E-state index in [0.717, 1.165) is 32.8 Å². The quantitative estimate of drug-likeness (QED) is 0.654. The van der Waals surface area contributed by atoms with Crippen molar-refractivity contribution in [3.63, 3.8) is 0 Å². The average Bonchev–Trinajstić information content (AvgIpc) is 3.51. The van der Waals surface area contributed by atoms with Gasteiger partial charge in [0.15, 0.2) is 11.5 Å². The summed E-state index contributed by atoms with van der Waals surface area (Å²) in [4.78, 5) is 27.5. The van der Waals surface area contributed by atoms with E-state index in [1.54, 1.807) is 25.3 Å². The fourth-order valence-corrected chi connectivity index (χ4v) is 3.17. The Morgan fingerprint density at radius 2 is 1.81 bits per heavy atom. The zero-order valence-corrected chi connectivity index (χ0v) is 15.9. The number of nitrogens with one attached hydrogen (secondary N) is 2. The summed E-state index contributed by atoms with van der Waals surface area (Å²) in [7, 11) is 3.09. The van der Waals surface area contributed by atoms with E-state index in [9.17, 15) is 9.59 Å². The van der Waals surface area contributed by atoms with Crippen molar-refractivity contribution in [2.45, 2.75) is 12.8 Å². The van der Waals surface area contributed by atoms with Crippen LogP contribution in [-0.2, 0) is 14.3 Å². The van der Waals surface area contributed by atoms with Crippen molar-refractivity contribution in [2.24, 2.45) is 5.41 Å². The number of anilines is 1. The first-order valence-corrected chi connectivity index (χ1v) is 9.21. The van der Waals surface area contributed by atoms with Gasteiger partial charge in [-0.3, -0.25) is 14.5 Å². The number of amides is 2. The molecule has 1 heterocycles. The van der Waals surface area contributed by atoms with Gasteiger partial charge >= 0.3 is 0 Å². The minimum Gasteiger partial charge on any atom is -0.493 e. The summed E-state index contributed by atoms with van der Waals surface area (Å²) in [6.07, 6.45) is 1.13. The molecular weight excluding hydrogens is 350 g/mol. The maximum atomic E-state index is 12.7. The van der Waals surface area contributed by atoms with E-state index in [1.165, 1.54) is 7.11 Å². The summed E-state index contributed by atoms with van der Waals surface area (Å²) in [5.41, 5.74) is -0.386. The molecule has 8 nitrogen and oxygen atoms in total. The van der Waals surface area contributed by atoms with Crippen LogP contribution in [0.5, 0.6) is 11.5 Å². The minimum absolute atomic E-state index is 0.200. The van der Waals surface area contributed by atoms with Gasteiger partial charge in [-0.2, -0.15) is 0 Å². The lowest BCUT2D eigenvalue weighted by Gasteiger charge is -2.26. The third-order valence-electron chi connectivity index (χ3n) is 5.08. The average molecular weight is 377 g/mol. The molecule has 0 aromatic heterocycles. The molecule has 2 amide bonds. The molecule has 1 aliphatic carbocycles. The second-order valence-corrected chi connectivity index (χ2v) is 6.82. The second kappa shape index (κ2) is 8.58. The van der Waals surface area contributed by atoms with Gasteiger partial charge in [-0.25, -0.2) is 0 Å². The lowest BCUT2D eigenvalue weighted by molar-refractivity contribution is -0.134. The predicted octanol–water partition coefficient (Wildman–Crippen LogP) is 0.871.